The molecule has 0 saturated carbocycles. The fourth-order valence-electron chi connectivity index (χ4n) is 2.59. The highest BCUT2D eigenvalue weighted by atomic mass is 16.5. The molecule has 8 heteroatoms. The number of esters is 1. The molecule has 134 valence electrons. The van der Waals surface area contributed by atoms with Crippen LogP contribution in [0.2, 0.25) is 0 Å². The van der Waals surface area contributed by atoms with Gasteiger partial charge in [0.15, 0.2) is 5.82 Å². The van der Waals surface area contributed by atoms with Crippen LogP contribution in [0.5, 0.6) is 0 Å². The molecule has 2 aromatic heterocycles. The Morgan fingerprint density at radius 3 is 2.54 bits per heavy atom. The quantitative estimate of drug-likeness (QED) is 0.711. The zero-order valence-corrected chi connectivity index (χ0v) is 14.8. The number of nitrogens with zero attached hydrogens (tertiary/aromatic N) is 4. The molecule has 0 atom stereocenters. The minimum Gasteiger partial charge on any atom is -0.462 e. The van der Waals surface area contributed by atoms with E-state index in [0.29, 0.717) is 16.9 Å². The molecular weight excluding hydrogens is 334 g/mol. The number of nitrogens with one attached hydrogen (secondary N) is 1. The Balaban J connectivity index is 2.02. The lowest BCUT2D eigenvalue weighted by Gasteiger charge is -2.10. The highest BCUT2D eigenvalue weighted by molar-refractivity contribution is 6.07. The molecular formula is C18H19N5O3. The number of carbonyl (C=O) groups is 2. The second-order valence-electron chi connectivity index (χ2n) is 5.63. The van der Waals surface area contributed by atoms with E-state index in [4.69, 9.17) is 4.74 Å². The minimum absolute atomic E-state index is 0.186. The van der Waals surface area contributed by atoms with Gasteiger partial charge in [-0.2, -0.15) is 10.2 Å². The van der Waals surface area contributed by atoms with Crippen molar-refractivity contribution in [2.75, 3.05) is 11.9 Å². The van der Waals surface area contributed by atoms with Crippen LogP contribution < -0.4 is 5.32 Å². The molecule has 0 aliphatic carbocycles. The van der Waals surface area contributed by atoms with Gasteiger partial charge < -0.3 is 10.1 Å². The number of hydrogen-bond acceptors (Lipinski definition) is 5. The second kappa shape index (κ2) is 7.22. The number of hydrogen-bond donors (Lipinski definition) is 1. The first-order valence-corrected chi connectivity index (χ1v) is 8.13. The van der Waals surface area contributed by atoms with Crippen LogP contribution in [0.1, 0.15) is 33.3 Å². The minimum atomic E-state index is -0.548. The molecule has 0 bridgehead atoms. The van der Waals surface area contributed by atoms with Crippen molar-refractivity contribution in [2.45, 2.75) is 13.8 Å². The monoisotopic (exact) mass is 353 g/mol. The van der Waals surface area contributed by atoms with Gasteiger partial charge in [-0.1, -0.05) is 18.2 Å². The summed E-state index contributed by atoms with van der Waals surface area (Å²) >= 11 is 0. The SMILES string of the molecule is CCOC(=O)c1cnn(-c2ccccc2)c1NC(=O)c1cn(C)nc1C. The van der Waals surface area contributed by atoms with E-state index >= 15 is 0 Å². The Hall–Kier alpha value is -3.42. The Bertz CT molecular complexity index is 943. The van der Waals surface area contributed by atoms with E-state index in [0.717, 1.165) is 0 Å². The molecule has 2 heterocycles. The molecule has 1 aromatic carbocycles. The van der Waals surface area contributed by atoms with Gasteiger partial charge in [0, 0.05) is 13.2 Å². The third kappa shape index (κ3) is 3.34. The maximum atomic E-state index is 12.7. The van der Waals surface area contributed by atoms with Gasteiger partial charge in [-0.05, 0) is 26.0 Å². The average Bonchev–Trinajstić information content (AvgIpc) is 3.18. The van der Waals surface area contributed by atoms with E-state index in [2.05, 4.69) is 15.5 Å². The van der Waals surface area contributed by atoms with Crippen molar-refractivity contribution in [3.63, 3.8) is 0 Å². The summed E-state index contributed by atoms with van der Waals surface area (Å²) in [5, 5.41) is 11.2. The summed E-state index contributed by atoms with van der Waals surface area (Å²) in [5.74, 6) is -0.672. The van der Waals surface area contributed by atoms with Crippen molar-refractivity contribution in [1.82, 2.24) is 19.6 Å². The normalized spacial score (nSPS) is 10.6. The van der Waals surface area contributed by atoms with Crippen molar-refractivity contribution in [3.8, 4) is 5.69 Å². The predicted octanol–water partition coefficient (Wildman–Crippen LogP) is 2.34. The summed E-state index contributed by atoms with van der Waals surface area (Å²) in [7, 11) is 1.74. The summed E-state index contributed by atoms with van der Waals surface area (Å²) in [4.78, 5) is 25.0. The lowest BCUT2D eigenvalue weighted by atomic mass is 10.2. The number of aryl methyl sites for hydroxylation is 2. The van der Waals surface area contributed by atoms with Gasteiger partial charge in [0.05, 0.1) is 29.7 Å². The number of carbonyl (C=O) groups excluding carboxylic acids is 2. The topological polar surface area (TPSA) is 91.0 Å². The fourth-order valence-corrected chi connectivity index (χ4v) is 2.59. The largest absolute Gasteiger partial charge is 0.462 e. The maximum absolute atomic E-state index is 12.7. The third-order valence-corrected chi connectivity index (χ3v) is 3.76. The predicted molar refractivity (Wildman–Crippen MR) is 95.4 cm³/mol. The van der Waals surface area contributed by atoms with Crippen LogP contribution in [-0.4, -0.2) is 38.0 Å². The summed E-state index contributed by atoms with van der Waals surface area (Å²) in [6.07, 6.45) is 3.01. The van der Waals surface area contributed by atoms with E-state index in [9.17, 15) is 9.59 Å². The van der Waals surface area contributed by atoms with Crippen LogP contribution in [0.4, 0.5) is 5.82 Å². The van der Waals surface area contributed by atoms with Gasteiger partial charge in [-0.15, -0.1) is 0 Å². The van der Waals surface area contributed by atoms with Crippen molar-refractivity contribution < 1.29 is 14.3 Å². The molecule has 3 rings (SSSR count). The number of para-hydroxylation sites is 1. The van der Waals surface area contributed by atoms with E-state index < -0.39 is 5.97 Å². The van der Waals surface area contributed by atoms with Crippen LogP contribution in [0.3, 0.4) is 0 Å². The molecule has 3 aromatic rings. The van der Waals surface area contributed by atoms with E-state index in [1.807, 2.05) is 30.3 Å². The molecule has 0 radical (unpaired) electrons. The third-order valence-electron chi connectivity index (χ3n) is 3.76. The van der Waals surface area contributed by atoms with Gasteiger partial charge in [0.25, 0.3) is 5.91 Å². The van der Waals surface area contributed by atoms with Gasteiger partial charge in [0.2, 0.25) is 0 Å². The van der Waals surface area contributed by atoms with E-state index in [1.165, 1.54) is 10.9 Å². The Morgan fingerprint density at radius 1 is 1.19 bits per heavy atom. The number of amides is 1. The lowest BCUT2D eigenvalue weighted by molar-refractivity contribution is 0.0527. The summed E-state index contributed by atoms with van der Waals surface area (Å²) in [6, 6.07) is 9.21. The Morgan fingerprint density at radius 2 is 1.92 bits per heavy atom. The molecule has 8 nitrogen and oxygen atoms in total. The zero-order valence-electron chi connectivity index (χ0n) is 14.8. The maximum Gasteiger partial charge on any atom is 0.343 e. The van der Waals surface area contributed by atoms with Crippen LogP contribution in [0, 0.1) is 6.92 Å². The van der Waals surface area contributed by atoms with Crippen LogP contribution in [-0.2, 0) is 11.8 Å². The van der Waals surface area contributed by atoms with Crippen molar-refractivity contribution in [1.29, 1.82) is 0 Å². The second-order valence-corrected chi connectivity index (χ2v) is 5.63. The number of anilines is 1. The molecule has 0 aliphatic heterocycles. The summed E-state index contributed by atoms with van der Waals surface area (Å²) < 4.78 is 8.13. The highest BCUT2D eigenvalue weighted by Gasteiger charge is 2.23. The smallest absolute Gasteiger partial charge is 0.343 e. The summed E-state index contributed by atoms with van der Waals surface area (Å²) in [6.45, 7) is 3.69. The number of aromatic nitrogens is 4. The highest BCUT2D eigenvalue weighted by Crippen LogP contribution is 2.22. The van der Waals surface area contributed by atoms with Gasteiger partial charge in [-0.25, -0.2) is 9.48 Å². The standard InChI is InChI=1S/C18H19N5O3/c1-4-26-18(25)14-10-19-23(13-8-6-5-7-9-13)16(14)20-17(24)15-11-22(3)21-12(15)2/h5-11H,4H2,1-3H3,(H,20,24). The lowest BCUT2D eigenvalue weighted by Crippen LogP contribution is -2.18. The molecule has 0 unspecified atom stereocenters. The fraction of sp³-hybridized carbons (Fsp3) is 0.222. The summed E-state index contributed by atoms with van der Waals surface area (Å²) in [5.41, 5.74) is 1.91. The first-order chi connectivity index (χ1) is 12.5. The van der Waals surface area contributed by atoms with Crippen LogP contribution in [0.25, 0.3) is 5.69 Å². The first-order valence-electron chi connectivity index (χ1n) is 8.13. The molecule has 1 N–H and O–H groups in total. The van der Waals surface area contributed by atoms with Gasteiger partial charge >= 0.3 is 5.97 Å². The number of ether oxygens (including phenoxy) is 1. The van der Waals surface area contributed by atoms with Crippen LogP contribution >= 0.6 is 0 Å². The number of benzene rings is 1. The van der Waals surface area contributed by atoms with Crippen molar-refractivity contribution in [2.24, 2.45) is 7.05 Å². The zero-order chi connectivity index (χ0) is 18.7. The first kappa shape index (κ1) is 17.4. The Kier molecular flexibility index (Phi) is 4.83. The van der Waals surface area contributed by atoms with Gasteiger partial charge in [-0.3, -0.25) is 9.48 Å². The molecule has 1 amide bonds. The van der Waals surface area contributed by atoms with Crippen molar-refractivity contribution >= 4 is 17.7 Å². The van der Waals surface area contributed by atoms with Crippen LogP contribution in [0.15, 0.2) is 42.7 Å². The van der Waals surface area contributed by atoms with Gasteiger partial charge in [0.1, 0.15) is 5.56 Å². The van der Waals surface area contributed by atoms with Crippen molar-refractivity contribution in [3.05, 3.63) is 59.5 Å². The van der Waals surface area contributed by atoms with E-state index in [1.54, 1.807) is 31.8 Å². The van der Waals surface area contributed by atoms with E-state index in [-0.39, 0.29) is 23.9 Å². The average molecular weight is 353 g/mol. The molecule has 0 fully saturated rings. The molecule has 0 spiro atoms. The molecule has 26 heavy (non-hydrogen) atoms. The molecule has 0 aliphatic rings. The Labute approximate surface area is 150 Å². The number of rotatable bonds is 5. The molecule has 0 saturated heterocycles.